The molecule has 0 heterocycles. The van der Waals surface area contributed by atoms with Gasteiger partial charge in [0.2, 0.25) is 0 Å². The van der Waals surface area contributed by atoms with Crippen LogP contribution in [0.15, 0.2) is 23.3 Å². The average molecular weight is 177 g/mol. The molecule has 0 unspecified atom stereocenters. The van der Waals surface area contributed by atoms with Crippen molar-refractivity contribution >= 4 is 0 Å². The first-order valence-electron chi connectivity index (χ1n) is 4.14. The molecule has 66 valence electrons. The van der Waals surface area contributed by atoms with Crippen molar-refractivity contribution in [2.75, 3.05) is 0 Å². The van der Waals surface area contributed by atoms with E-state index in [0.717, 1.165) is 12.0 Å². The summed E-state index contributed by atoms with van der Waals surface area (Å²) in [5.41, 5.74) is 9.84. The van der Waals surface area contributed by atoms with Crippen molar-refractivity contribution in [3.63, 3.8) is 0 Å². The second-order valence-corrected chi connectivity index (χ2v) is 3.07. The first-order chi connectivity index (χ1) is 6.33. The lowest BCUT2D eigenvalue weighted by Crippen LogP contribution is -1.89. The van der Waals surface area contributed by atoms with Crippen LogP contribution in [-0.2, 0) is 6.42 Å². The van der Waals surface area contributed by atoms with Gasteiger partial charge in [-0.2, -0.15) is 0 Å². The van der Waals surface area contributed by atoms with E-state index in [1.165, 1.54) is 6.07 Å². The van der Waals surface area contributed by atoms with E-state index in [9.17, 15) is 4.39 Å². The summed E-state index contributed by atoms with van der Waals surface area (Å²) < 4.78 is 13.2. The molecule has 0 spiro atoms. The van der Waals surface area contributed by atoms with E-state index in [0.29, 0.717) is 12.0 Å². The third-order valence-corrected chi connectivity index (χ3v) is 2.37. The summed E-state index contributed by atoms with van der Waals surface area (Å²) >= 11 is 0. The van der Waals surface area contributed by atoms with E-state index in [-0.39, 0.29) is 11.9 Å². The van der Waals surface area contributed by atoms with Crippen LogP contribution in [0.3, 0.4) is 0 Å². The van der Waals surface area contributed by atoms with Gasteiger partial charge in [0.15, 0.2) is 0 Å². The molecule has 0 N–H and O–H groups in total. The minimum Gasteiger partial charge on any atom is -0.207 e. The Bertz CT molecular complexity index is 382. The van der Waals surface area contributed by atoms with E-state index >= 15 is 0 Å². The molecule has 2 rings (SSSR count). The Morgan fingerprint density at radius 1 is 1.54 bits per heavy atom. The Morgan fingerprint density at radius 3 is 3.15 bits per heavy atom. The van der Waals surface area contributed by atoms with Crippen LogP contribution in [0, 0.1) is 5.82 Å². The highest BCUT2D eigenvalue weighted by molar-refractivity contribution is 5.35. The molecule has 0 amide bonds. The lowest BCUT2D eigenvalue weighted by molar-refractivity contribution is 0.612. The standard InChI is InChI=1S/C9H8FN3/c10-8-3-1-2-7-6(8)4-5-9(7)12-13-11/h1-3,9H,4-5H2/t9-/m1/s1. The summed E-state index contributed by atoms with van der Waals surface area (Å²) in [5.74, 6) is -0.187. The maximum absolute atomic E-state index is 13.2. The molecule has 0 aliphatic heterocycles. The second-order valence-electron chi connectivity index (χ2n) is 3.07. The topological polar surface area (TPSA) is 48.8 Å². The average Bonchev–Trinajstić information content (AvgIpc) is 2.51. The van der Waals surface area contributed by atoms with Gasteiger partial charge in [0, 0.05) is 4.91 Å². The Hall–Kier alpha value is -1.54. The van der Waals surface area contributed by atoms with Gasteiger partial charge in [-0.3, -0.25) is 0 Å². The van der Waals surface area contributed by atoms with Crippen LogP contribution in [0.2, 0.25) is 0 Å². The van der Waals surface area contributed by atoms with Crippen molar-refractivity contribution in [2.24, 2.45) is 5.11 Å². The van der Waals surface area contributed by atoms with Crippen molar-refractivity contribution in [3.05, 3.63) is 45.6 Å². The molecule has 1 aliphatic carbocycles. The highest BCUT2D eigenvalue weighted by Gasteiger charge is 2.23. The van der Waals surface area contributed by atoms with Crippen molar-refractivity contribution in [1.82, 2.24) is 0 Å². The Morgan fingerprint density at radius 2 is 2.38 bits per heavy atom. The van der Waals surface area contributed by atoms with Gasteiger partial charge >= 0.3 is 0 Å². The number of halogens is 1. The van der Waals surface area contributed by atoms with Gasteiger partial charge in [-0.15, -0.1) is 0 Å². The minimum absolute atomic E-state index is 0.171. The van der Waals surface area contributed by atoms with Crippen LogP contribution in [0.4, 0.5) is 4.39 Å². The molecule has 0 saturated carbocycles. The zero-order valence-electron chi connectivity index (χ0n) is 6.94. The maximum Gasteiger partial charge on any atom is 0.126 e. The predicted molar refractivity (Wildman–Crippen MR) is 46.6 cm³/mol. The second kappa shape index (κ2) is 3.07. The lowest BCUT2D eigenvalue weighted by Gasteiger charge is -2.03. The van der Waals surface area contributed by atoms with Gasteiger partial charge < -0.3 is 0 Å². The van der Waals surface area contributed by atoms with E-state index in [1.807, 2.05) is 6.07 Å². The first-order valence-corrected chi connectivity index (χ1v) is 4.14. The van der Waals surface area contributed by atoms with Crippen LogP contribution in [-0.4, -0.2) is 0 Å². The van der Waals surface area contributed by atoms with Gasteiger partial charge in [-0.25, -0.2) is 4.39 Å². The number of hydrogen-bond donors (Lipinski definition) is 0. The molecular formula is C9H8FN3. The molecule has 4 heteroatoms. The fraction of sp³-hybridized carbons (Fsp3) is 0.333. The SMILES string of the molecule is [N-]=[N+]=N[C@@H]1CCc2c(F)cccc21. The van der Waals surface area contributed by atoms with E-state index in [2.05, 4.69) is 10.0 Å². The van der Waals surface area contributed by atoms with Crippen LogP contribution < -0.4 is 0 Å². The van der Waals surface area contributed by atoms with Gasteiger partial charge in [-0.1, -0.05) is 17.2 Å². The summed E-state index contributed by atoms with van der Waals surface area (Å²) in [6, 6.07) is 4.75. The molecule has 0 radical (unpaired) electrons. The molecule has 0 fully saturated rings. The zero-order valence-corrected chi connectivity index (χ0v) is 6.94. The third-order valence-electron chi connectivity index (χ3n) is 2.37. The molecule has 13 heavy (non-hydrogen) atoms. The van der Waals surface area contributed by atoms with Gasteiger partial charge in [0.05, 0.1) is 6.04 Å². The molecular weight excluding hydrogens is 169 g/mol. The van der Waals surface area contributed by atoms with Crippen LogP contribution >= 0.6 is 0 Å². The normalized spacial score (nSPS) is 19.3. The number of rotatable bonds is 1. The van der Waals surface area contributed by atoms with E-state index in [1.54, 1.807) is 6.07 Å². The quantitative estimate of drug-likeness (QED) is 0.359. The highest BCUT2D eigenvalue weighted by atomic mass is 19.1. The van der Waals surface area contributed by atoms with Crippen molar-refractivity contribution in [2.45, 2.75) is 18.9 Å². The predicted octanol–water partition coefficient (Wildman–Crippen LogP) is 3.12. The molecule has 0 saturated heterocycles. The summed E-state index contributed by atoms with van der Waals surface area (Å²) in [7, 11) is 0. The Balaban J connectivity index is 2.48. The highest BCUT2D eigenvalue weighted by Crippen LogP contribution is 2.35. The Labute approximate surface area is 74.8 Å². The first kappa shape index (κ1) is 8.08. The summed E-state index contributed by atoms with van der Waals surface area (Å²) in [6.45, 7) is 0. The largest absolute Gasteiger partial charge is 0.207 e. The van der Waals surface area contributed by atoms with Crippen molar-refractivity contribution in [1.29, 1.82) is 0 Å². The molecule has 3 nitrogen and oxygen atoms in total. The maximum atomic E-state index is 13.2. The minimum atomic E-state index is -0.187. The molecule has 1 atom stereocenters. The number of fused-ring (bicyclic) bond motifs is 1. The molecule has 1 aromatic carbocycles. The number of azide groups is 1. The fourth-order valence-electron chi connectivity index (χ4n) is 1.77. The summed E-state index contributed by atoms with van der Waals surface area (Å²) in [6.07, 6.45) is 1.39. The molecule has 0 bridgehead atoms. The van der Waals surface area contributed by atoms with Crippen molar-refractivity contribution in [3.8, 4) is 0 Å². The number of benzene rings is 1. The van der Waals surface area contributed by atoms with Gasteiger partial charge in [0.25, 0.3) is 0 Å². The van der Waals surface area contributed by atoms with Crippen LogP contribution in [0.5, 0.6) is 0 Å². The number of hydrogen-bond acceptors (Lipinski definition) is 1. The van der Waals surface area contributed by atoms with E-state index < -0.39 is 0 Å². The number of nitrogens with zero attached hydrogens (tertiary/aromatic N) is 3. The molecule has 1 aliphatic rings. The molecule has 1 aromatic rings. The smallest absolute Gasteiger partial charge is 0.126 e. The lowest BCUT2D eigenvalue weighted by atomic mass is 10.1. The van der Waals surface area contributed by atoms with Gasteiger partial charge in [0.1, 0.15) is 5.82 Å². The fourth-order valence-corrected chi connectivity index (χ4v) is 1.77. The van der Waals surface area contributed by atoms with Crippen LogP contribution in [0.25, 0.3) is 10.4 Å². The monoisotopic (exact) mass is 177 g/mol. The van der Waals surface area contributed by atoms with Crippen LogP contribution in [0.1, 0.15) is 23.6 Å². The van der Waals surface area contributed by atoms with Gasteiger partial charge in [-0.05, 0) is 35.6 Å². The zero-order chi connectivity index (χ0) is 9.26. The van der Waals surface area contributed by atoms with Crippen molar-refractivity contribution < 1.29 is 4.39 Å². The summed E-state index contributed by atoms with van der Waals surface area (Å²) in [5, 5.41) is 3.62. The summed E-state index contributed by atoms with van der Waals surface area (Å²) in [4.78, 5) is 2.75. The Kier molecular flexibility index (Phi) is 1.91. The van der Waals surface area contributed by atoms with E-state index in [4.69, 9.17) is 5.53 Å². The third kappa shape index (κ3) is 1.25. The molecule has 0 aromatic heterocycles.